The fourth-order valence-corrected chi connectivity index (χ4v) is 1.43. The smallest absolute Gasteiger partial charge is 0.336 e. The number of carboxylic acid groups (broad SMARTS) is 6. The summed E-state index contributed by atoms with van der Waals surface area (Å²) in [5.74, 6) is -10.0. The Hall–Kier alpha value is -0.455. The van der Waals surface area contributed by atoms with Crippen LogP contribution in [0, 0.1) is 0 Å². The SMILES string of the molecule is O=C(O)CC(O)(CC(=O)O)C(=O)O.O=C(O)CC(O)(CC(=O)O)C(=O)O.[Hg].[Hg].[Hg]. The van der Waals surface area contributed by atoms with Gasteiger partial charge in [-0.2, -0.15) is 0 Å². The van der Waals surface area contributed by atoms with Crippen molar-refractivity contribution in [1.29, 1.82) is 0 Å². The predicted molar refractivity (Wildman–Crippen MR) is 74.2 cm³/mol. The fourth-order valence-electron chi connectivity index (χ4n) is 1.43. The fraction of sp³-hybridized carbons (Fsp3) is 0.500. The summed E-state index contributed by atoms with van der Waals surface area (Å²) in [6.07, 6.45) is -4.58. The Kier molecular flexibility index (Phi) is 23.2. The molecule has 0 aliphatic rings. The van der Waals surface area contributed by atoms with Gasteiger partial charge in [0.25, 0.3) is 0 Å². The maximum atomic E-state index is 10.3. The Balaban J connectivity index is -0.000000120. The van der Waals surface area contributed by atoms with Crippen molar-refractivity contribution in [2.45, 2.75) is 36.9 Å². The summed E-state index contributed by atoms with van der Waals surface area (Å²) in [6.45, 7) is 0. The largest absolute Gasteiger partial charge is 0.481 e. The Labute approximate surface area is 223 Å². The standard InChI is InChI=1S/2C6H8O7.3Hg/c2*7-3(8)1-6(13,5(11)12)2-4(9)10;;;/h2*13H,1-2H2,(H,7,8)(H,9,10)(H,11,12);;;. The third-order valence-electron chi connectivity index (χ3n) is 2.57. The average molecular weight is 986 g/mol. The molecular formula is C12H16Hg3O14. The van der Waals surface area contributed by atoms with Crippen LogP contribution >= 0.6 is 0 Å². The van der Waals surface area contributed by atoms with Crippen LogP contribution in [0.15, 0.2) is 0 Å². The maximum Gasteiger partial charge on any atom is 0.336 e. The average Bonchev–Trinajstić information content (AvgIpc) is 2.34. The van der Waals surface area contributed by atoms with Crippen LogP contribution in [0.3, 0.4) is 0 Å². The second-order valence-electron chi connectivity index (χ2n) is 4.96. The molecule has 0 radical (unpaired) electrons. The summed E-state index contributed by atoms with van der Waals surface area (Å²) < 4.78 is 0. The molecular weight excluding hydrogens is 970 g/mol. The number of rotatable bonds is 10. The van der Waals surface area contributed by atoms with E-state index in [4.69, 9.17) is 40.9 Å². The van der Waals surface area contributed by atoms with Crippen molar-refractivity contribution in [3.63, 3.8) is 0 Å². The first-order valence-electron chi connectivity index (χ1n) is 6.34. The number of carboxylic acids is 6. The van der Waals surface area contributed by atoms with Gasteiger partial charge in [0.15, 0.2) is 11.2 Å². The molecule has 0 bridgehead atoms. The molecule has 0 heterocycles. The Morgan fingerprint density at radius 2 is 0.586 bits per heavy atom. The summed E-state index contributed by atoms with van der Waals surface area (Å²) in [5.41, 5.74) is -5.48. The van der Waals surface area contributed by atoms with Crippen molar-refractivity contribution < 1.29 is 153 Å². The molecule has 8 N–H and O–H groups in total. The zero-order valence-electron chi connectivity index (χ0n) is 15.0. The van der Waals surface area contributed by atoms with Crippen LogP contribution in [0.5, 0.6) is 0 Å². The first-order chi connectivity index (χ1) is 11.6. The number of hydrogen-bond donors (Lipinski definition) is 8. The van der Waals surface area contributed by atoms with Crippen molar-refractivity contribution in [3.8, 4) is 0 Å². The molecule has 0 unspecified atom stereocenters. The molecule has 14 nitrogen and oxygen atoms in total. The Bertz CT molecular complexity index is 521. The second-order valence-corrected chi connectivity index (χ2v) is 4.96. The van der Waals surface area contributed by atoms with E-state index in [2.05, 4.69) is 0 Å². The van der Waals surface area contributed by atoms with Gasteiger partial charge < -0.3 is 40.9 Å². The van der Waals surface area contributed by atoms with Crippen LogP contribution in [0.2, 0.25) is 0 Å². The van der Waals surface area contributed by atoms with E-state index in [1.807, 2.05) is 0 Å². The molecule has 0 aromatic heterocycles. The van der Waals surface area contributed by atoms with Gasteiger partial charge in [0, 0.05) is 83.0 Å². The molecule has 0 saturated carbocycles. The van der Waals surface area contributed by atoms with E-state index in [1.54, 1.807) is 0 Å². The third-order valence-corrected chi connectivity index (χ3v) is 2.57. The van der Waals surface area contributed by atoms with Gasteiger partial charge in [0.2, 0.25) is 0 Å². The van der Waals surface area contributed by atoms with E-state index in [1.165, 1.54) is 0 Å². The van der Waals surface area contributed by atoms with Gasteiger partial charge in [-0.3, -0.25) is 19.2 Å². The number of aliphatic hydroxyl groups is 2. The summed E-state index contributed by atoms with van der Waals surface area (Å²) in [6, 6.07) is 0. The van der Waals surface area contributed by atoms with Crippen LogP contribution in [-0.4, -0.2) is 87.9 Å². The van der Waals surface area contributed by atoms with Gasteiger partial charge >= 0.3 is 35.8 Å². The zero-order chi connectivity index (χ0) is 21.3. The monoisotopic (exact) mass is 990 g/mol. The van der Waals surface area contributed by atoms with E-state index >= 15 is 0 Å². The molecule has 0 aliphatic heterocycles. The van der Waals surface area contributed by atoms with Gasteiger partial charge in [0.1, 0.15) is 0 Å². The quantitative estimate of drug-likeness (QED) is 0.105. The van der Waals surface area contributed by atoms with Crippen LogP contribution in [0.1, 0.15) is 25.7 Å². The van der Waals surface area contributed by atoms with Crippen LogP contribution in [0.25, 0.3) is 0 Å². The van der Waals surface area contributed by atoms with Gasteiger partial charge in [-0.1, -0.05) is 0 Å². The first kappa shape index (κ1) is 39.1. The first-order valence-corrected chi connectivity index (χ1v) is 6.34. The van der Waals surface area contributed by atoms with E-state index in [0.29, 0.717) is 0 Å². The summed E-state index contributed by atoms with van der Waals surface area (Å²) in [4.78, 5) is 61.0. The molecule has 29 heavy (non-hydrogen) atoms. The predicted octanol–water partition coefficient (Wildman–Crippen LogP) is -2.50. The minimum atomic E-state index is -2.74. The van der Waals surface area contributed by atoms with Crippen molar-refractivity contribution in [2.24, 2.45) is 0 Å². The molecule has 0 aromatic carbocycles. The molecule has 154 valence electrons. The third kappa shape index (κ3) is 18.1. The summed E-state index contributed by atoms with van der Waals surface area (Å²) >= 11 is 0. The molecule has 0 rings (SSSR count). The molecule has 17 heteroatoms. The molecule has 0 spiro atoms. The van der Waals surface area contributed by atoms with Crippen molar-refractivity contribution >= 4 is 35.8 Å². The Morgan fingerprint density at radius 3 is 0.655 bits per heavy atom. The van der Waals surface area contributed by atoms with Crippen molar-refractivity contribution in [1.82, 2.24) is 0 Å². The van der Waals surface area contributed by atoms with Crippen LogP contribution in [-0.2, 0) is 112 Å². The van der Waals surface area contributed by atoms with Crippen molar-refractivity contribution in [3.05, 3.63) is 0 Å². The van der Waals surface area contributed by atoms with Crippen molar-refractivity contribution in [2.75, 3.05) is 0 Å². The number of hydrogen-bond acceptors (Lipinski definition) is 8. The summed E-state index contributed by atoms with van der Waals surface area (Å²) in [7, 11) is 0. The zero-order valence-corrected chi connectivity index (χ0v) is 31.5. The van der Waals surface area contributed by atoms with Gasteiger partial charge in [0.05, 0.1) is 25.7 Å². The van der Waals surface area contributed by atoms with Crippen LogP contribution < -0.4 is 0 Å². The van der Waals surface area contributed by atoms with E-state index in [0.717, 1.165) is 0 Å². The summed E-state index contributed by atoms with van der Waals surface area (Å²) in [5, 5.41) is 67.6. The maximum absolute atomic E-state index is 10.3. The van der Waals surface area contributed by atoms with Gasteiger partial charge in [-0.15, -0.1) is 0 Å². The van der Waals surface area contributed by atoms with Crippen LogP contribution in [0.4, 0.5) is 0 Å². The topological polar surface area (TPSA) is 264 Å². The number of carbonyl (C=O) groups is 6. The Morgan fingerprint density at radius 1 is 0.448 bits per heavy atom. The van der Waals surface area contributed by atoms with Gasteiger partial charge in [-0.25, -0.2) is 9.59 Å². The van der Waals surface area contributed by atoms with E-state index in [-0.39, 0.29) is 83.0 Å². The molecule has 0 amide bonds. The number of aliphatic carboxylic acids is 6. The van der Waals surface area contributed by atoms with E-state index in [9.17, 15) is 28.8 Å². The minimum Gasteiger partial charge on any atom is -0.481 e. The van der Waals surface area contributed by atoms with Gasteiger partial charge in [-0.05, 0) is 0 Å². The molecule has 0 aliphatic carbocycles. The molecule has 0 aromatic rings. The van der Waals surface area contributed by atoms with E-state index < -0.39 is 72.7 Å². The second kappa shape index (κ2) is 17.2. The molecule has 0 fully saturated rings. The molecule has 0 atom stereocenters. The molecule has 0 saturated heterocycles. The minimum absolute atomic E-state index is 0. The normalized spacial score (nSPS) is 9.72.